The van der Waals surface area contributed by atoms with Gasteiger partial charge >= 0.3 is 18.1 Å². The van der Waals surface area contributed by atoms with Gasteiger partial charge in [-0.2, -0.15) is 13.2 Å². The molecule has 0 radical (unpaired) electrons. The molecule has 0 aliphatic carbocycles. The number of benzene rings is 3. The molecule has 0 amide bonds. The minimum absolute atomic E-state index is 0.0895. The number of aliphatic carboxylic acids is 2. The SMILES string of the molecule is O=C(O)CCC(=O)c1cn(CC(=O)O)c2c(/C=C/c3ccc(OCCCCOc4ccccc4)cc3)ccc(C(F)(F)F)c12. The fourth-order valence-electron chi connectivity index (χ4n) is 4.64. The Bertz CT molecular complexity index is 1640. The van der Waals surface area contributed by atoms with Gasteiger partial charge in [0.1, 0.15) is 18.0 Å². The first-order valence-corrected chi connectivity index (χ1v) is 13.8. The predicted octanol–water partition coefficient (Wildman–Crippen LogP) is 7.20. The largest absolute Gasteiger partial charge is 0.494 e. The highest BCUT2D eigenvalue weighted by molar-refractivity contribution is 6.12. The molecule has 11 heteroatoms. The summed E-state index contributed by atoms with van der Waals surface area (Å²) in [6, 6.07) is 18.6. The van der Waals surface area contributed by atoms with E-state index >= 15 is 0 Å². The molecule has 0 unspecified atom stereocenters. The Kier molecular flexibility index (Phi) is 10.4. The number of ketones is 1. The molecular formula is C33H30F3NO7. The van der Waals surface area contributed by atoms with Crippen molar-refractivity contribution in [3.05, 3.63) is 95.2 Å². The van der Waals surface area contributed by atoms with E-state index in [1.54, 1.807) is 30.3 Å². The number of hydrogen-bond acceptors (Lipinski definition) is 5. The minimum Gasteiger partial charge on any atom is -0.494 e. The van der Waals surface area contributed by atoms with E-state index in [2.05, 4.69) is 0 Å². The van der Waals surface area contributed by atoms with Crippen LogP contribution in [0.2, 0.25) is 0 Å². The lowest BCUT2D eigenvalue weighted by molar-refractivity contribution is -0.138. The molecule has 0 aliphatic heterocycles. The van der Waals surface area contributed by atoms with Crippen molar-refractivity contribution in [1.82, 2.24) is 4.57 Å². The van der Waals surface area contributed by atoms with Gasteiger partial charge in [-0.15, -0.1) is 0 Å². The van der Waals surface area contributed by atoms with Gasteiger partial charge in [-0.3, -0.25) is 14.4 Å². The Morgan fingerprint density at radius 2 is 1.41 bits per heavy atom. The lowest BCUT2D eigenvalue weighted by Crippen LogP contribution is -2.10. The molecule has 1 heterocycles. The van der Waals surface area contributed by atoms with Crippen LogP contribution in [-0.2, 0) is 22.3 Å². The van der Waals surface area contributed by atoms with Gasteiger partial charge in [0.05, 0.1) is 30.7 Å². The number of carbonyl (C=O) groups is 3. The topological polar surface area (TPSA) is 115 Å². The summed E-state index contributed by atoms with van der Waals surface area (Å²) >= 11 is 0. The molecule has 1 aromatic heterocycles. The van der Waals surface area contributed by atoms with Crippen LogP contribution in [0.25, 0.3) is 23.1 Å². The molecule has 4 aromatic rings. The summed E-state index contributed by atoms with van der Waals surface area (Å²) in [6.45, 7) is 0.363. The second-order valence-corrected chi connectivity index (χ2v) is 9.92. The van der Waals surface area contributed by atoms with Crippen molar-refractivity contribution in [1.29, 1.82) is 0 Å². The van der Waals surface area contributed by atoms with Crippen molar-refractivity contribution >= 4 is 40.8 Å². The number of hydrogen-bond donors (Lipinski definition) is 2. The van der Waals surface area contributed by atoms with Crippen LogP contribution in [0.3, 0.4) is 0 Å². The normalized spacial score (nSPS) is 11.6. The maximum Gasteiger partial charge on any atom is 0.417 e. The number of halogens is 3. The van der Waals surface area contributed by atoms with Crippen molar-refractivity contribution in [2.45, 2.75) is 38.4 Å². The van der Waals surface area contributed by atoms with Crippen LogP contribution in [0.15, 0.2) is 72.9 Å². The number of carbonyl (C=O) groups excluding carboxylic acids is 1. The van der Waals surface area contributed by atoms with Gasteiger partial charge in [0, 0.05) is 23.6 Å². The van der Waals surface area contributed by atoms with Gasteiger partial charge in [-0.05, 0) is 54.3 Å². The van der Waals surface area contributed by atoms with Gasteiger partial charge in [0.25, 0.3) is 0 Å². The van der Waals surface area contributed by atoms with Gasteiger partial charge < -0.3 is 24.3 Å². The molecule has 4 rings (SSSR count). The maximum absolute atomic E-state index is 14.0. The molecular weight excluding hydrogens is 579 g/mol. The second kappa shape index (κ2) is 14.4. The van der Waals surface area contributed by atoms with Crippen molar-refractivity contribution in [3.63, 3.8) is 0 Å². The highest BCUT2D eigenvalue weighted by atomic mass is 19.4. The number of rotatable bonds is 15. The smallest absolute Gasteiger partial charge is 0.417 e. The highest BCUT2D eigenvalue weighted by Crippen LogP contribution is 2.39. The third-order valence-electron chi connectivity index (χ3n) is 6.68. The number of alkyl halides is 3. The van der Waals surface area contributed by atoms with Crippen molar-refractivity contribution < 1.29 is 47.2 Å². The standard InChI is InChI=1S/C33H30F3NO7/c34-33(35,36)27-15-12-23(32-31(27)26(20-37(32)21-30(41)42)28(38)16-17-29(39)40)11-8-22-9-13-25(14-10-22)44-19-5-4-18-43-24-6-2-1-3-7-24/h1-3,6-15,20H,4-5,16-19,21H2,(H,39,40)(H,41,42)/b11-8+. The van der Waals surface area contributed by atoms with Crippen LogP contribution in [0.4, 0.5) is 13.2 Å². The molecule has 2 N–H and O–H groups in total. The third kappa shape index (κ3) is 8.50. The van der Waals surface area contributed by atoms with Crippen molar-refractivity contribution in [2.75, 3.05) is 13.2 Å². The summed E-state index contributed by atoms with van der Waals surface area (Å²) in [5, 5.41) is 17.9. The summed E-state index contributed by atoms with van der Waals surface area (Å²) in [5.74, 6) is -1.97. The van der Waals surface area contributed by atoms with E-state index in [9.17, 15) is 32.7 Å². The molecule has 0 bridgehead atoms. The number of fused-ring (bicyclic) bond motifs is 1. The molecule has 230 valence electrons. The highest BCUT2D eigenvalue weighted by Gasteiger charge is 2.36. The van der Waals surface area contributed by atoms with E-state index in [0.717, 1.165) is 35.4 Å². The number of aromatic nitrogens is 1. The summed E-state index contributed by atoms with van der Waals surface area (Å²) in [7, 11) is 0. The van der Waals surface area contributed by atoms with Gasteiger partial charge in [-0.1, -0.05) is 48.6 Å². The predicted molar refractivity (Wildman–Crippen MR) is 158 cm³/mol. The number of para-hydroxylation sites is 1. The zero-order chi connectivity index (χ0) is 31.7. The van der Waals surface area contributed by atoms with Crippen LogP contribution in [0, 0.1) is 0 Å². The van der Waals surface area contributed by atoms with Gasteiger partial charge in [0.15, 0.2) is 5.78 Å². The zero-order valence-electron chi connectivity index (χ0n) is 23.5. The van der Waals surface area contributed by atoms with Crippen LogP contribution in [-0.4, -0.2) is 45.7 Å². The van der Waals surface area contributed by atoms with E-state index in [4.69, 9.17) is 14.6 Å². The van der Waals surface area contributed by atoms with Crippen molar-refractivity contribution in [2.24, 2.45) is 0 Å². The van der Waals surface area contributed by atoms with E-state index < -0.39 is 54.2 Å². The van der Waals surface area contributed by atoms with E-state index in [1.165, 1.54) is 12.1 Å². The first kappa shape index (κ1) is 31.9. The lowest BCUT2D eigenvalue weighted by Gasteiger charge is -2.12. The van der Waals surface area contributed by atoms with Crippen LogP contribution in [0.1, 0.15) is 52.7 Å². The average Bonchev–Trinajstić information content (AvgIpc) is 3.35. The van der Waals surface area contributed by atoms with Crippen LogP contribution >= 0.6 is 0 Å². The summed E-state index contributed by atoms with van der Waals surface area (Å²) in [6.07, 6.45) is -0.116. The third-order valence-corrected chi connectivity index (χ3v) is 6.68. The van der Waals surface area contributed by atoms with Crippen LogP contribution in [0.5, 0.6) is 11.5 Å². The molecule has 0 aliphatic rings. The molecule has 0 atom stereocenters. The summed E-state index contributed by atoms with van der Waals surface area (Å²) in [4.78, 5) is 35.3. The molecule has 44 heavy (non-hydrogen) atoms. The molecule has 3 aromatic carbocycles. The lowest BCUT2D eigenvalue weighted by atomic mass is 9.98. The van der Waals surface area contributed by atoms with E-state index in [1.807, 2.05) is 30.3 Å². The quantitative estimate of drug-likeness (QED) is 0.0832. The first-order chi connectivity index (χ1) is 21.0. The number of nitrogens with zero attached hydrogens (tertiary/aromatic N) is 1. The summed E-state index contributed by atoms with van der Waals surface area (Å²) in [5.41, 5.74) is -0.618. The molecule has 0 spiro atoms. The number of Topliss-reactive ketones (excluding diaryl/α,β-unsaturated/α-hetero) is 1. The Labute approximate surface area is 250 Å². The first-order valence-electron chi connectivity index (χ1n) is 13.8. The van der Waals surface area contributed by atoms with Crippen LogP contribution < -0.4 is 9.47 Å². The maximum atomic E-state index is 14.0. The zero-order valence-corrected chi connectivity index (χ0v) is 23.5. The van der Waals surface area contributed by atoms with Gasteiger partial charge in [0.2, 0.25) is 0 Å². The monoisotopic (exact) mass is 609 g/mol. The number of ether oxygens (including phenoxy) is 2. The van der Waals surface area contributed by atoms with Gasteiger partial charge in [-0.25, -0.2) is 0 Å². The average molecular weight is 610 g/mol. The number of unbranched alkanes of at least 4 members (excludes halogenated alkanes) is 1. The van der Waals surface area contributed by atoms with E-state index in [-0.39, 0.29) is 16.6 Å². The summed E-state index contributed by atoms with van der Waals surface area (Å²) < 4.78 is 54.6. The Hall–Kier alpha value is -5.06. The number of carboxylic acid groups (broad SMARTS) is 2. The molecule has 0 saturated heterocycles. The van der Waals surface area contributed by atoms with Crippen molar-refractivity contribution in [3.8, 4) is 11.5 Å². The Morgan fingerprint density at radius 1 is 0.773 bits per heavy atom. The second-order valence-electron chi connectivity index (χ2n) is 9.92. The molecule has 8 nitrogen and oxygen atoms in total. The Morgan fingerprint density at radius 3 is 2.00 bits per heavy atom. The Balaban J connectivity index is 1.51. The fourth-order valence-corrected chi connectivity index (χ4v) is 4.64. The minimum atomic E-state index is -4.84. The fraction of sp³-hybridized carbons (Fsp3) is 0.242. The molecule has 0 fully saturated rings. The number of carboxylic acids is 2. The van der Waals surface area contributed by atoms with E-state index in [0.29, 0.717) is 24.5 Å². The molecule has 0 saturated carbocycles.